The third kappa shape index (κ3) is 4.91. The van der Waals surface area contributed by atoms with E-state index in [1.165, 1.54) is 12.1 Å². The first-order valence-electron chi connectivity index (χ1n) is 8.34. The minimum absolute atomic E-state index is 0.0629. The summed E-state index contributed by atoms with van der Waals surface area (Å²) in [6, 6.07) is 8.68. The molecule has 0 bridgehead atoms. The first kappa shape index (κ1) is 20.6. The number of nitrogens with one attached hydrogen (secondary N) is 2. The standard InChI is InChI=1S/C18H25N3O3S2/c1-5-20-26(23,24)14-9-8-13(2)15(11-14)18(22)19-12-16(21(3)4)17-7-6-10-25-17/h6-11,16,20H,5,12H2,1-4H3,(H,19,22). The van der Waals surface area contributed by atoms with Gasteiger partial charge in [0.1, 0.15) is 0 Å². The second-order valence-electron chi connectivity index (χ2n) is 6.18. The van der Waals surface area contributed by atoms with Crippen molar-refractivity contribution in [3.05, 3.63) is 51.7 Å². The molecule has 0 fully saturated rings. The molecule has 142 valence electrons. The molecule has 2 N–H and O–H groups in total. The molecule has 26 heavy (non-hydrogen) atoms. The van der Waals surface area contributed by atoms with E-state index in [1.54, 1.807) is 31.3 Å². The van der Waals surface area contributed by atoms with E-state index in [0.717, 1.165) is 10.4 Å². The number of likely N-dealkylation sites (N-methyl/N-ethyl adjacent to an activating group) is 1. The Bertz CT molecular complexity index is 847. The number of benzene rings is 1. The van der Waals surface area contributed by atoms with Crippen LogP contribution in [0.1, 0.15) is 33.8 Å². The number of nitrogens with zero attached hydrogens (tertiary/aromatic N) is 1. The summed E-state index contributed by atoms with van der Waals surface area (Å²) >= 11 is 1.64. The minimum atomic E-state index is -3.60. The normalized spacial score (nSPS) is 13.0. The molecule has 0 radical (unpaired) electrons. The summed E-state index contributed by atoms with van der Waals surface area (Å²) in [5.74, 6) is -0.278. The molecule has 2 rings (SSSR count). The topological polar surface area (TPSA) is 78.5 Å². The van der Waals surface area contributed by atoms with Gasteiger partial charge in [-0.1, -0.05) is 19.1 Å². The van der Waals surface area contributed by atoms with Gasteiger partial charge >= 0.3 is 0 Å². The zero-order valence-corrected chi connectivity index (χ0v) is 17.1. The number of carbonyl (C=O) groups excluding carboxylic acids is 1. The largest absolute Gasteiger partial charge is 0.350 e. The Hall–Kier alpha value is -1.74. The van der Waals surface area contributed by atoms with Gasteiger partial charge in [-0.05, 0) is 50.2 Å². The molecule has 0 saturated carbocycles. The van der Waals surface area contributed by atoms with Gasteiger partial charge < -0.3 is 10.2 Å². The highest BCUT2D eigenvalue weighted by atomic mass is 32.2. The van der Waals surface area contributed by atoms with Crippen LogP contribution in [0.3, 0.4) is 0 Å². The molecule has 2 aromatic rings. The van der Waals surface area contributed by atoms with Gasteiger partial charge in [-0.2, -0.15) is 0 Å². The lowest BCUT2D eigenvalue weighted by Crippen LogP contribution is -2.34. The molecule has 6 nitrogen and oxygen atoms in total. The number of thiophene rings is 1. The zero-order chi connectivity index (χ0) is 19.3. The smallest absolute Gasteiger partial charge is 0.251 e. The molecule has 1 amide bonds. The van der Waals surface area contributed by atoms with Crippen molar-refractivity contribution in [2.45, 2.75) is 24.8 Å². The number of rotatable bonds is 8. The molecule has 1 heterocycles. The predicted molar refractivity (Wildman–Crippen MR) is 105 cm³/mol. The van der Waals surface area contributed by atoms with Gasteiger partial charge in [-0.25, -0.2) is 13.1 Å². The van der Waals surface area contributed by atoms with E-state index in [4.69, 9.17) is 0 Å². The van der Waals surface area contributed by atoms with Crippen LogP contribution in [0, 0.1) is 6.92 Å². The Labute approximate surface area is 159 Å². The third-order valence-corrected chi connectivity index (χ3v) is 6.57. The van der Waals surface area contributed by atoms with Gasteiger partial charge in [0.15, 0.2) is 0 Å². The van der Waals surface area contributed by atoms with Crippen molar-refractivity contribution >= 4 is 27.3 Å². The number of sulfonamides is 1. The van der Waals surface area contributed by atoms with Crippen LogP contribution in [0.25, 0.3) is 0 Å². The van der Waals surface area contributed by atoms with Gasteiger partial charge in [-0.15, -0.1) is 11.3 Å². The highest BCUT2D eigenvalue weighted by Gasteiger charge is 2.20. The summed E-state index contributed by atoms with van der Waals surface area (Å²) in [5, 5.41) is 4.94. The van der Waals surface area contributed by atoms with Crippen molar-refractivity contribution in [1.29, 1.82) is 0 Å². The van der Waals surface area contributed by atoms with E-state index in [1.807, 2.05) is 36.5 Å². The molecular weight excluding hydrogens is 370 g/mol. The van der Waals surface area contributed by atoms with Crippen molar-refractivity contribution < 1.29 is 13.2 Å². The van der Waals surface area contributed by atoms with Gasteiger partial charge in [0.2, 0.25) is 10.0 Å². The Morgan fingerprint density at radius 1 is 1.27 bits per heavy atom. The third-order valence-electron chi connectivity index (χ3n) is 4.05. The number of carbonyl (C=O) groups is 1. The quantitative estimate of drug-likeness (QED) is 0.719. The molecule has 0 aliphatic rings. The summed E-state index contributed by atoms with van der Waals surface area (Å²) < 4.78 is 26.8. The Morgan fingerprint density at radius 3 is 2.58 bits per heavy atom. The van der Waals surface area contributed by atoms with E-state index in [9.17, 15) is 13.2 Å². The highest BCUT2D eigenvalue weighted by Crippen LogP contribution is 2.23. The van der Waals surface area contributed by atoms with Crippen LogP contribution < -0.4 is 10.0 Å². The fourth-order valence-electron chi connectivity index (χ4n) is 2.59. The summed E-state index contributed by atoms with van der Waals surface area (Å²) in [6.07, 6.45) is 0. The zero-order valence-electron chi connectivity index (χ0n) is 15.4. The van der Waals surface area contributed by atoms with E-state index < -0.39 is 10.0 Å². The van der Waals surface area contributed by atoms with Gasteiger partial charge in [-0.3, -0.25) is 4.79 Å². The first-order valence-corrected chi connectivity index (χ1v) is 10.7. The van der Waals surface area contributed by atoms with E-state index in [-0.39, 0.29) is 16.8 Å². The molecule has 1 aromatic heterocycles. The monoisotopic (exact) mass is 395 g/mol. The van der Waals surface area contributed by atoms with Crippen molar-refractivity contribution in [3.8, 4) is 0 Å². The lowest BCUT2D eigenvalue weighted by atomic mass is 10.1. The Kier molecular flexibility index (Phi) is 6.94. The van der Waals surface area contributed by atoms with Crippen LogP contribution in [0.2, 0.25) is 0 Å². The maximum Gasteiger partial charge on any atom is 0.251 e. The second kappa shape index (κ2) is 8.77. The highest BCUT2D eigenvalue weighted by molar-refractivity contribution is 7.89. The number of hydrogen-bond acceptors (Lipinski definition) is 5. The van der Waals surface area contributed by atoms with Gasteiger partial charge in [0, 0.05) is 23.5 Å². The van der Waals surface area contributed by atoms with Crippen molar-refractivity contribution in [2.75, 3.05) is 27.2 Å². The average molecular weight is 396 g/mol. The van der Waals surface area contributed by atoms with Gasteiger partial charge in [0.05, 0.1) is 10.9 Å². The fraction of sp³-hybridized carbons (Fsp3) is 0.389. The summed E-state index contributed by atoms with van der Waals surface area (Å²) in [5.41, 5.74) is 1.10. The summed E-state index contributed by atoms with van der Waals surface area (Å²) in [4.78, 5) is 16.0. The lowest BCUT2D eigenvalue weighted by molar-refractivity contribution is 0.0941. The Morgan fingerprint density at radius 2 is 2.00 bits per heavy atom. The van der Waals surface area contributed by atoms with Crippen LogP contribution in [-0.2, 0) is 10.0 Å². The SMILES string of the molecule is CCNS(=O)(=O)c1ccc(C)c(C(=O)NCC(c2cccs2)N(C)C)c1. The predicted octanol–water partition coefficient (Wildman–Crippen LogP) is 2.39. The van der Waals surface area contributed by atoms with Crippen LogP contribution in [0.4, 0.5) is 0 Å². The maximum absolute atomic E-state index is 12.7. The van der Waals surface area contributed by atoms with E-state index >= 15 is 0 Å². The molecule has 0 saturated heterocycles. The van der Waals surface area contributed by atoms with Crippen LogP contribution in [0.5, 0.6) is 0 Å². The summed E-state index contributed by atoms with van der Waals surface area (Å²) in [7, 11) is 0.328. The van der Waals surface area contributed by atoms with Crippen LogP contribution in [0.15, 0.2) is 40.6 Å². The number of amides is 1. The summed E-state index contributed by atoms with van der Waals surface area (Å²) in [6.45, 7) is 4.24. The minimum Gasteiger partial charge on any atom is -0.350 e. The number of hydrogen-bond donors (Lipinski definition) is 2. The molecule has 1 atom stereocenters. The lowest BCUT2D eigenvalue weighted by Gasteiger charge is -2.23. The van der Waals surface area contributed by atoms with Crippen LogP contribution >= 0.6 is 11.3 Å². The van der Waals surface area contributed by atoms with Crippen molar-refractivity contribution in [2.24, 2.45) is 0 Å². The van der Waals surface area contributed by atoms with Crippen LogP contribution in [-0.4, -0.2) is 46.4 Å². The van der Waals surface area contributed by atoms with Gasteiger partial charge in [0.25, 0.3) is 5.91 Å². The Balaban J connectivity index is 2.19. The molecule has 0 aliphatic heterocycles. The van der Waals surface area contributed by atoms with E-state index in [2.05, 4.69) is 10.0 Å². The van der Waals surface area contributed by atoms with Crippen molar-refractivity contribution in [1.82, 2.24) is 14.9 Å². The molecule has 0 spiro atoms. The molecule has 8 heteroatoms. The second-order valence-corrected chi connectivity index (χ2v) is 8.93. The average Bonchev–Trinajstić information content (AvgIpc) is 3.08. The van der Waals surface area contributed by atoms with E-state index in [0.29, 0.717) is 18.7 Å². The van der Waals surface area contributed by atoms with Crippen molar-refractivity contribution in [3.63, 3.8) is 0 Å². The number of aryl methyl sites for hydroxylation is 1. The molecule has 1 unspecified atom stereocenters. The fourth-order valence-corrected chi connectivity index (χ4v) is 4.58. The maximum atomic E-state index is 12.7. The molecular formula is C18H25N3O3S2. The molecule has 1 aromatic carbocycles. The first-order chi connectivity index (χ1) is 12.3. The molecule has 0 aliphatic carbocycles.